The lowest BCUT2D eigenvalue weighted by molar-refractivity contribution is -0.138. The number of nitrogens with zero attached hydrogens (tertiary/aromatic N) is 4. The third-order valence-electron chi connectivity index (χ3n) is 20.2. The number of hydrogen-bond donors (Lipinski definition) is 0. The van der Waals surface area contributed by atoms with Crippen LogP contribution < -0.4 is 47.7 Å². The Kier molecular flexibility index (Phi) is 22.4. The molecule has 2 atom stereocenters. The Bertz CT molecular complexity index is 6120. The molecule has 0 N–H and O–H groups in total. The number of anilines is 4. The molecule has 0 radical (unpaired) electrons. The minimum Gasteiger partial charge on any atom is -0.457 e. The molecular weight excluding hydrogens is 1570 g/mol. The first-order valence-electron chi connectivity index (χ1n) is 38.4. The van der Waals surface area contributed by atoms with Crippen LogP contribution in [0.5, 0.6) is 69.0 Å². The number of esters is 4. The summed E-state index contributed by atoms with van der Waals surface area (Å²) in [6, 6.07) is 34.7. The average molecular weight is 1650 g/mol. The number of aryl methyl sites for hydroxylation is 4. The number of hydrogen-bond acceptors (Lipinski definition) is 24. The number of amides is 6. The van der Waals surface area contributed by atoms with E-state index in [4.69, 9.17) is 65.0 Å². The summed E-state index contributed by atoms with van der Waals surface area (Å²) in [6.07, 6.45) is 3.33. The van der Waals surface area contributed by atoms with Gasteiger partial charge in [-0.2, -0.15) is 0 Å². The van der Waals surface area contributed by atoms with Crippen molar-refractivity contribution in [3.8, 4) is 69.0 Å². The monoisotopic (exact) mass is 1650 g/mol. The second-order valence-corrected chi connectivity index (χ2v) is 29.8. The first-order chi connectivity index (χ1) is 58.5. The van der Waals surface area contributed by atoms with E-state index in [0.29, 0.717) is 0 Å². The smallest absolute Gasteiger partial charge is 0.338 e. The molecule has 618 valence electrons. The molecule has 2 aliphatic rings. The summed E-state index contributed by atoms with van der Waals surface area (Å²) in [5, 5.41) is 0.621. The quantitative estimate of drug-likeness (QED) is 0.0133. The Morgan fingerprint density at radius 1 is 0.361 bits per heavy atom. The molecule has 9 aromatic carbocycles. The van der Waals surface area contributed by atoms with Crippen molar-refractivity contribution < 1.29 is 113 Å². The molecule has 0 saturated heterocycles. The fraction of sp³-hybridized carbons (Fsp3) is 0.191. The van der Waals surface area contributed by atoms with Gasteiger partial charge in [-0.1, -0.05) is 82.1 Å². The van der Waals surface area contributed by atoms with E-state index in [1.54, 1.807) is 86.6 Å². The molecule has 15 rings (SSSR count). The highest BCUT2D eigenvalue weighted by molar-refractivity contribution is 6.45. The zero-order chi connectivity index (χ0) is 86.5. The predicted octanol–water partition coefficient (Wildman–Crippen LogP) is 19.2. The Morgan fingerprint density at radius 2 is 0.623 bits per heavy atom. The van der Waals surface area contributed by atoms with Gasteiger partial charge in [-0.15, -0.1) is 0 Å². The van der Waals surface area contributed by atoms with Crippen molar-refractivity contribution in [3.63, 3.8) is 0 Å². The van der Waals surface area contributed by atoms with Crippen LogP contribution in [0.3, 0.4) is 0 Å². The summed E-state index contributed by atoms with van der Waals surface area (Å²) in [5.74, 6) is -11.8. The summed E-state index contributed by atoms with van der Waals surface area (Å²) in [7, 11) is 2.71. The molecule has 0 fully saturated rings. The van der Waals surface area contributed by atoms with Crippen molar-refractivity contribution in [2.75, 3.05) is 37.2 Å². The number of imide groups is 2. The summed E-state index contributed by atoms with van der Waals surface area (Å²) >= 11 is 0. The summed E-state index contributed by atoms with van der Waals surface area (Å²) in [5.41, 5.74) is 2.14. The van der Waals surface area contributed by atoms with E-state index in [2.05, 4.69) is 19.7 Å². The van der Waals surface area contributed by atoms with Crippen molar-refractivity contribution in [2.45, 2.75) is 87.2 Å². The number of carbonyl (C=O) groups is 10. The molecule has 6 amide bonds. The Balaban J connectivity index is 1.03. The van der Waals surface area contributed by atoms with E-state index in [1.165, 1.54) is 83.5 Å². The Morgan fingerprint density at radius 3 is 0.861 bits per heavy atom. The van der Waals surface area contributed by atoms with Gasteiger partial charge in [0.15, 0.2) is 23.0 Å². The van der Waals surface area contributed by atoms with E-state index in [9.17, 15) is 19.2 Å². The minimum absolute atomic E-state index is 0.0124. The highest BCUT2D eigenvalue weighted by Gasteiger charge is 2.49. The highest BCUT2D eigenvalue weighted by atomic mass is 16.6. The van der Waals surface area contributed by atoms with Crippen LogP contribution in [0.15, 0.2) is 225 Å². The lowest BCUT2D eigenvalue weighted by Gasteiger charge is -2.36. The van der Waals surface area contributed by atoms with E-state index < -0.39 is 90.2 Å². The number of ether oxygens (including phenoxy) is 10. The number of rotatable bonds is 30. The summed E-state index contributed by atoms with van der Waals surface area (Å²) in [4.78, 5) is 156. The lowest BCUT2D eigenvalue weighted by Crippen LogP contribution is -2.54. The maximum atomic E-state index is 16.9. The standard InChI is InChI=1S/C94H78N4O24/c1-47(2)91(105)119-59-35-73(111-43-59)97(74-36-60(44-112-74)120-92(106)48(3)4)89(103)67(27-29-109-13)95-85(99)63-39-69(115-55-23-15-19-51(9)31-55)79-81-71(117-57-25-17-21-53(11)33-57)41-65-78-66(42-72(118-58-26-18-22-54(12)34-58)82(84(78)81)80-70(116-56-24-16-20-52(10)32-56)40-64(86(95)100)77(63)83(79)80)88(102)96(87(65)101)68(28-30-110-14)90(104)98(75-37-61(45-113-75)121-93(107)49(5)6)76-38-62(46-114-76)122-94(108)50(7)8/h15-26,31-46,50,67-68H,1,3,5,27-30H2,2,4,6-14H3. The zero-order valence-electron chi connectivity index (χ0n) is 67.9. The summed E-state index contributed by atoms with van der Waals surface area (Å²) in [6.45, 7) is 25.3. The molecule has 28 heteroatoms. The maximum absolute atomic E-state index is 16.9. The Hall–Kier alpha value is -15.2. The van der Waals surface area contributed by atoms with Gasteiger partial charge < -0.3 is 65.0 Å². The van der Waals surface area contributed by atoms with Gasteiger partial charge in [0.2, 0.25) is 23.5 Å². The second-order valence-electron chi connectivity index (χ2n) is 29.8. The normalized spacial score (nSPS) is 12.9. The van der Waals surface area contributed by atoms with E-state index >= 15 is 28.8 Å². The van der Waals surface area contributed by atoms with Crippen LogP contribution in [0.4, 0.5) is 23.5 Å². The van der Waals surface area contributed by atoms with Crippen molar-refractivity contribution in [2.24, 2.45) is 5.92 Å². The molecular formula is C94H78N4O24. The molecule has 0 spiro atoms. The molecule has 28 nitrogen and oxygen atoms in total. The van der Waals surface area contributed by atoms with Gasteiger partial charge in [0.25, 0.3) is 35.4 Å². The van der Waals surface area contributed by atoms with Gasteiger partial charge >= 0.3 is 23.9 Å². The van der Waals surface area contributed by atoms with Crippen LogP contribution in [0, 0.1) is 33.6 Å². The van der Waals surface area contributed by atoms with Crippen LogP contribution >= 0.6 is 0 Å². The largest absolute Gasteiger partial charge is 0.457 e. The van der Waals surface area contributed by atoms with Crippen LogP contribution in [0.1, 0.15) is 111 Å². The number of methoxy groups -OCH3 is 2. The van der Waals surface area contributed by atoms with Crippen LogP contribution in [0.2, 0.25) is 0 Å². The van der Waals surface area contributed by atoms with Crippen LogP contribution in [-0.4, -0.2) is 109 Å². The summed E-state index contributed by atoms with van der Waals surface area (Å²) < 4.78 is 86.5. The van der Waals surface area contributed by atoms with Gasteiger partial charge in [-0.05, 0) is 144 Å². The molecule has 0 aliphatic carbocycles. The maximum Gasteiger partial charge on any atom is 0.338 e. The first-order valence-corrected chi connectivity index (χ1v) is 38.4. The predicted molar refractivity (Wildman–Crippen MR) is 445 cm³/mol. The molecule has 6 heterocycles. The van der Waals surface area contributed by atoms with Gasteiger partial charge in [-0.3, -0.25) is 43.4 Å². The first kappa shape index (κ1) is 82.0. The third-order valence-corrected chi connectivity index (χ3v) is 20.2. The SMILES string of the molecule is C=C(C)C(=O)Oc1coc(N(C(=O)C(CCOC)N2C(=O)c3cc(Oc4cccc(C)c4)c4c5c(Oc6cccc(C)c6)cc6c7c(cc(Oc8cccc(C)c8)c(c8c(Oc9cccc(C)c9)cc(c3c48)C2=O)c75)C(=O)N(C(CCOC)C(=O)N(c2cc(OC(=O)C(=C)C)co2)c2cc(OC(=O)C(C)C)co2)C6=O)c2cc(OC(=O)C(=C)C)co2)c1. The average Bonchev–Trinajstić information content (AvgIpc) is 0.881. The van der Waals surface area contributed by atoms with Crippen LogP contribution in [-0.2, 0) is 38.2 Å². The molecule has 2 unspecified atom stereocenters. The topological polar surface area (TPSA) is 329 Å². The number of carbonyl (C=O) groups excluding carboxylic acids is 10. The van der Waals surface area contributed by atoms with Crippen molar-refractivity contribution in [3.05, 3.63) is 252 Å². The fourth-order valence-corrected chi connectivity index (χ4v) is 14.5. The Labute approximate surface area is 696 Å². The van der Waals surface area contributed by atoms with Gasteiger partial charge in [0.05, 0.1) is 28.2 Å². The van der Waals surface area contributed by atoms with E-state index in [1.807, 2.05) is 52.0 Å². The molecule has 13 aromatic rings. The minimum atomic E-state index is -1.89. The van der Waals surface area contributed by atoms with Gasteiger partial charge in [0, 0.05) is 124 Å². The number of furan rings is 4. The zero-order valence-corrected chi connectivity index (χ0v) is 67.9. The van der Waals surface area contributed by atoms with Crippen molar-refractivity contribution in [1.29, 1.82) is 0 Å². The molecule has 2 aliphatic heterocycles. The molecule has 0 bridgehead atoms. The third kappa shape index (κ3) is 15.6. The van der Waals surface area contributed by atoms with Crippen molar-refractivity contribution in [1.82, 2.24) is 9.80 Å². The van der Waals surface area contributed by atoms with Crippen LogP contribution in [0.25, 0.3) is 43.1 Å². The van der Waals surface area contributed by atoms with E-state index in [0.717, 1.165) is 66.9 Å². The lowest BCUT2D eigenvalue weighted by atomic mass is 9.80. The molecule has 0 saturated carbocycles. The molecule has 122 heavy (non-hydrogen) atoms. The highest BCUT2D eigenvalue weighted by Crippen LogP contribution is 2.59. The number of benzene rings is 9. The second kappa shape index (κ2) is 33.3. The van der Waals surface area contributed by atoms with E-state index in [-0.39, 0.29) is 188 Å². The van der Waals surface area contributed by atoms with Crippen molar-refractivity contribution >= 4 is 126 Å². The molecule has 4 aromatic heterocycles. The van der Waals surface area contributed by atoms with Gasteiger partial charge in [-0.25, -0.2) is 24.2 Å². The van der Waals surface area contributed by atoms with Gasteiger partial charge in [0.1, 0.15) is 83.1 Å². The number of fused-ring (bicyclic) bond motifs is 2. The fourth-order valence-electron chi connectivity index (χ4n) is 14.5.